The molecule has 6 rings (SSSR count). The molecule has 2 heterocycles. The third kappa shape index (κ3) is 2.09. The number of fused-ring (bicyclic) bond motifs is 1. The quantitative estimate of drug-likeness (QED) is 0.927. The highest BCUT2D eigenvalue weighted by Crippen LogP contribution is 2.53. The second kappa shape index (κ2) is 4.79. The van der Waals surface area contributed by atoms with E-state index in [0.717, 1.165) is 17.4 Å². The van der Waals surface area contributed by atoms with E-state index < -0.39 is 0 Å². The minimum atomic E-state index is -0.00572. The topological polar surface area (TPSA) is 59.3 Å². The summed E-state index contributed by atoms with van der Waals surface area (Å²) in [6.07, 6.45) is 12.0. The molecular weight excluding hydrogens is 288 g/mol. The number of hydrogen-bond acceptors (Lipinski definition) is 3. The van der Waals surface area contributed by atoms with Crippen LogP contribution in [0.3, 0.4) is 0 Å². The highest BCUT2D eigenvalue weighted by atomic mass is 16.1. The predicted molar refractivity (Wildman–Crippen MR) is 86.0 cm³/mol. The lowest BCUT2D eigenvalue weighted by atomic mass is 9.54. The standard InChI is InChI=1S/C18H22N4O/c1-10-7-19-17-15(8-20-22(17)9-10)18(23)21-16-13-3-11-2-12(5-13)6-14(16)4-11/h7-9,11-14,16H,2-6H2,1H3,(H,21,23). The number of nitrogens with one attached hydrogen (secondary N) is 1. The zero-order chi connectivity index (χ0) is 15.6. The Labute approximate surface area is 135 Å². The number of hydrogen-bond donors (Lipinski definition) is 1. The monoisotopic (exact) mass is 310 g/mol. The maximum atomic E-state index is 12.8. The third-order valence-electron chi connectivity index (χ3n) is 6.25. The average molecular weight is 310 g/mol. The molecule has 120 valence electrons. The lowest BCUT2D eigenvalue weighted by Gasteiger charge is -2.54. The fraction of sp³-hybridized carbons (Fsp3) is 0.611. The number of rotatable bonds is 2. The largest absolute Gasteiger partial charge is 0.349 e. The van der Waals surface area contributed by atoms with Crippen molar-refractivity contribution in [1.29, 1.82) is 0 Å². The fourth-order valence-corrected chi connectivity index (χ4v) is 5.52. The molecule has 4 bridgehead atoms. The molecule has 23 heavy (non-hydrogen) atoms. The summed E-state index contributed by atoms with van der Waals surface area (Å²) in [5.41, 5.74) is 2.28. The van der Waals surface area contributed by atoms with Crippen molar-refractivity contribution >= 4 is 11.6 Å². The normalized spacial score (nSPS) is 34.9. The molecule has 4 aliphatic rings. The SMILES string of the molecule is Cc1cnc2c(C(=O)NC3C4CC5CC(C4)CC3C5)cnn2c1. The first-order chi connectivity index (χ1) is 11.2. The molecule has 5 heteroatoms. The van der Waals surface area contributed by atoms with Gasteiger partial charge in [-0.15, -0.1) is 0 Å². The van der Waals surface area contributed by atoms with Crippen LogP contribution in [0.2, 0.25) is 0 Å². The zero-order valence-electron chi connectivity index (χ0n) is 13.4. The Balaban J connectivity index is 1.40. The van der Waals surface area contributed by atoms with Crippen LogP contribution in [0.1, 0.15) is 48.0 Å². The van der Waals surface area contributed by atoms with Gasteiger partial charge >= 0.3 is 0 Å². The van der Waals surface area contributed by atoms with Crippen LogP contribution in [0, 0.1) is 30.6 Å². The van der Waals surface area contributed by atoms with Gasteiger partial charge in [-0.2, -0.15) is 5.10 Å². The Morgan fingerprint density at radius 1 is 1.13 bits per heavy atom. The van der Waals surface area contributed by atoms with E-state index in [4.69, 9.17) is 0 Å². The van der Waals surface area contributed by atoms with E-state index in [1.807, 2.05) is 13.1 Å². The van der Waals surface area contributed by atoms with E-state index in [2.05, 4.69) is 15.4 Å². The zero-order valence-corrected chi connectivity index (χ0v) is 13.4. The van der Waals surface area contributed by atoms with E-state index in [1.54, 1.807) is 16.9 Å². The van der Waals surface area contributed by atoms with Crippen molar-refractivity contribution in [1.82, 2.24) is 19.9 Å². The van der Waals surface area contributed by atoms with Gasteiger partial charge < -0.3 is 5.32 Å². The molecule has 5 nitrogen and oxygen atoms in total. The van der Waals surface area contributed by atoms with Crippen LogP contribution >= 0.6 is 0 Å². The van der Waals surface area contributed by atoms with Crippen molar-refractivity contribution < 1.29 is 4.79 Å². The Bertz CT molecular complexity index is 752. The molecule has 1 N–H and O–H groups in total. The molecular formula is C18H22N4O. The van der Waals surface area contributed by atoms with Crippen LogP contribution in [0.4, 0.5) is 0 Å². The second-order valence-electron chi connectivity index (χ2n) is 7.89. The maximum Gasteiger partial charge on any atom is 0.257 e. The maximum absolute atomic E-state index is 12.8. The smallest absolute Gasteiger partial charge is 0.257 e. The van der Waals surface area contributed by atoms with Crippen molar-refractivity contribution in [3.05, 3.63) is 29.7 Å². The van der Waals surface area contributed by atoms with Gasteiger partial charge in [-0.3, -0.25) is 4.79 Å². The highest BCUT2D eigenvalue weighted by Gasteiger charge is 2.48. The first-order valence-electron chi connectivity index (χ1n) is 8.78. The van der Waals surface area contributed by atoms with E-state index in [0.29, 0.717) is 29.1 Å². The Morgan fingerprint density at radius 2 is 1.83 bits per heavy atom. The van der Waals surface area contributed by atoms with Crippen molar-refractivity contribution in [3.8, 4) is 0 Å². The first-order valence-corrected chi connectivity index (χ1v) is 8.78. The summed E-state index contributed by atoms with van der Waals surface area (Å²) in [6.45, 7) is 1.97. The van der Waals surface area contributed by atoms with Gasteiger partial charge in [0.05, 0.1) is 6.20 Å². The average Bonchev–Trinajstić information content (AvgIpc) is 2.93. The van der Waals surface area contributed by atoms with Crippen molar-refractivity contribution in [3.63, 3.8) is 0 Å². The van der Waals surface area contributed by atoms with Crippen LogP contribution < -0.4 is 5.32 Å². The minimum absolute atomic E-state index is 0.00572. The molecule has 0 aliphatic heterocycles. The summed E-state index contributed by atoms with van der Waals surface area (Å²) in [7, 11) is 0. The Morgan fingerprint density at radius 3 is 2.52 bits per heavy atom. The summed E-state index contributed by atoms with van der Waals surface area (Å²) in [5, 5.41) is 7.62. The predicted octanol–water partition coefficient (Wildman–Crippen LogP) is 2.59. The molecule has 0 radical (unpaired) electrons. The van der Waals surface area contributed by atoms with Gasteiger partial charge in [-0.1, -0.05) is 0 Å². The van der Waals surface area contributed by atoms with Crippen LogP contribution in [-0.2, 0) is 0 Å². The fourth-order valence-electron chi connectivity index (χ4n) is 5.52. The van der Waals surface area contributed by atoms with Gasteiger partial charge in [0.2, 0.25) is 0 Å². The molecule has 0 atom stereocenters. The molecule has 4 aliphatic carbocycles. The number of nitrogens with zero attached hydrogens (tertiary/aromatic N) is 3. The summed E-state index contributed by atoms with van der Waals surface area (Å²) < 4.78 is 1.70. The van der Waals surface area contributed by atoms with Gasteiger partial charge in [0.1, 0.15) is 5.56 Å². The number of carbonyl (C=O) groups excluding carboxylic acids is 1. The lowest BCUT2D eigenvalue weighted by molar-refractivity contribution is -0.0119. The van der Waals surface area contributed by atoms with E-state index in [1.165, 1.54) is 32.1 Å². The van der Waals surface area contributed by atoms with Crippen LogP contribution in [0.15, 0.2) is 18.6 Å². The summed E-state index contributed by atoms with van der Waals surface area (Å²) in [4.78, 5) is 17.2. The number of aryl methyl sites for hydroxylation is 1. The van der Waals surface area contributed by atoms with Gasteiger partial charge in [0.15, 0.2) is 5.65 Å². The van der Waals surface area contributed by atoms with Gasteiger partial charge in [0.25, 0.3) is 5.91 Å². The Hall–Kier alpha value is -1.91. The summed E-state index contributed by atoms with van der Waals surface area (Å²) in [5.74, 6) is 3.22. The number of carbonyl (C=O) groups is 1. The second-order valence-corrected chi connectivity index (χ2v) is 7.89. The van der Waals surface area contributed by atoms with Crippen LogP contribution in [-0.4, -0.2) is 26.5 Å². The van der Waals surface area contributed by atoms with E-state index in [9.17, 15) is 4.79 Å². The first kappa shape index (κ1) is 13.5. The molecule has 1 amide bonds. The molecule has 0 spiro atoms. The molecule has 0 unspecified atom stereocenters. The minimum Gasteiger partial charge on any atom is -0.349 e. The Kier molecular flexibility index (Phi) is 2.82. The van der Waals surface area contributed by atoms with Gasteiger partial charge in [-0.05, 0) is 68.3 Å². The number of amides is 1. The van der Waals surface area contributed by atoms with Crippen LogP contribution in [0.25, 0.3) is 5.65 Å². The van der Waals surface area contributed by atoms with Crippen molar-refractivity contribution in [2.75, 3.05) is 0 Å². The van der Waals surface area contributed by atoms with Gasteiger partial charge in [-0.25, -0.2) is 9.50 Å². The van der Waals surface area contributed by atoms with Crippen LogP contribution in [0.5, 0.6) is 0 Å². The van der Waals surface area contributed by atoms with Crippen molar-refractivity contribution in [2.45, 2.75) is 45.1 Å². The summed E-state index contributed by atoms with van der Waals surface area (Å²) in [6, 6.07) is 0.357. The van der Waals surface area contributed by atoms with E-state index in [-0.39, 0.29) is 5.91 Å². The molecule has 4 saturated carbocycles. The molecule has 0 saturated heterocycles. The van der Waals surface area contributed by atoms with Crippen molar-refractivity contribution in [2.24, 2.45) is 23.7 Å². The third-order valence-corrected chi connectivity index (χ3v) is 6.25. The number of aromatic nitrogens is 3. The van der Waals surface area contributed by atoms with Gasteiger partial charge in [0, 0.05) is 18.4 Å². The molecule has 4 fully saturated rings. The lowest BCUT2D eigenvalue weighted by Crippen LogP contribution is -2.55. The highest BCUT2D eigenvalue weighted by molar-refractivity contribution is 5.99. The molecule has 2 aromatic heterocycles. The molecule has 0 aromatic carbocycles. The molecule has 2 aromatic rings. The van der Waals surface area contributed by atoms with E-state index >= 15 is 0 Å². The summed E-state index contributed by atoms with van der Waals surface area (Å²) >= 11 is 0.